The maximum Gasteiger partial charge on any atom is 0.243 e. The molecule has 2 amide bonds. The Hall–Kier alpha value is -2.27. The molecule has 0 aliphatic heterocycles. The van der Waals surface area contributed by atoms with Crippen molar-refractivity contribution < 1.29 is 9.59 Å². The normalized spacial score (nSPS) is 12.3. The third-order valence-corrected chi connectivity index (χ3v) is 6.09. The maximum absolute atomic E-state index is 13.3. The molecule has 0 fully saturated rings. The van der Waals surface area contributed by atoms with Gasteiger partial charge in [-0.05, 0) is 50.8 Å². The molecule has 2 aromatic carbocycles. The zero-order valence-electron chi connectivity index (χ0n) is 19.5. The van der Waals surface area contributed by atoms with E-state index in [9.17, 15) is 9.59 Å². The van der Waals surface area contributed by atoms with Crippen molar-refractivity contribution in [2.45, 2.75) is 71.3 Å². The lowest BCUT2D eigenvalue weighted by molar-refractivity contribution is -0.141. The summed E-state index contributed by atoms with van der Waals surface area (Å²) in [5.74, 6) is 1.55. The Labute approximate surface area is 191 Å². The van der Waals surface area contributed by atoms with E-state index in [0.29, 0.717) is 19.4 Å². The molecule has 0 aliphatic carbocycles. The van der Waals surface area contributed by atoms with Crippen molar-refractivity contribution in [2.75, 3.05) is 5.75 Å². The summed E-state index contributed by atoms with van der Waals surface area (Å²) in [6.07, 6.45) is 0.999. The fraction of sp³-hybridized carbons (Fsp3) is 0.462. The van der Waals surface area contributed by atoms with Gasteiger partial charge in [-0.1, -0.05) is 61.5 Å². The lowest BCUT2D eigenvalue weighted by atomic mass is 10.0. The molecule has 0 radical (unpaired) electrons. The van der Waals surface area contributed by atoms with Crippen LogP contribution in [-0.2, 0) is 21.9 Å². The van der Waals surface area contributed by atoms with Gasteiger partial charge < -0.3 is 10.2 Å². The van der Waals surface area contributed by atoms with Gasteiger partial charge in [0.05, 0.1) is 0 Å². The fourth-order valence-corrected chi connectivity index (χ4v) is 4.30. The highest BCUT2D eigenvalue weighted by molar-refractivity contribution is 7.98. The van der Waals surface area contributed by atoms with Gasteiger partial charge in [-0.25, -0.2) is 0 Å². The number of rotatable bonds is 10. The Balaban J connectivity index is 2.10. The standard InChI is InChI=1S/C26H36N2O2S/c1-6-23(25(30)27-26(3,4)5)28(18-22-15-11-10-12-20(22)2)24(29)16-17-31-19-21-13-8-7-9-14-21/h7-15,23H,6,16-19H2,1-5H3,(H,27,30)/t23-/m1/s1. The van der Waals surface area contributed by atoms with Crippen LogP contribution in [0.15, 0.2) is 54.6 Å². The lowest BCUT2D eigenvalue weighted by Gasteiger charge is -2.33. The number of carbonyl (C=O) groups excluding carboxylic acids is 2. The molecule has 1 atom stereocenters. The highest BCUT2D eigenvalue weighted by Gasteiger charge is 2.30. The van der Waals surface area contributed by atoms with Crippen molar-refractivity contribution in [3.8, 4) is 0 Å². The van der Waals surface area contributed by atoms with Gasteiger partial charge in [-0.2, -0.15) is 11.8 Å². The van der Waals surface area contributed by atoms with Crippen LogP contribution < -0.4 is 5.32 Å². The predicted octanol–water partition coefficient (Wildman–Crippen LogP) is 5.34. The van der Waals surface area contributed by atoms with Crippen LogP contribution in [0, 0.1) is 6.92 Å². The lowest BCUT2D eigenvalue weighted by Crippen LogP contribution is -2.53. The summed E-state index contributed by atoms with van der Waals surface area (Å²) in [7, 11) is 0. The van der Waals surface area contributed by atoms with E-state index in [2.05, 4.69) is 17.4 Å². The Morgan fingerprint density at radius 3 is 2.29 bits per heavy atom. The highest BCUT2D eigenvalue weighted by atomic mass is 32.2. The van der Waals surface area contributed by atoms with Crippen LogP contribution in [-0.4, -0.2) is 34.0 Å². The zero-order valence-corrected chi connectivity index (χ0v) is 20.3. The van der Waals surface area contributed by atoms with Crippen LogP contribution in [0.2, 0.25) is 0 Å². The number of hydrogen-bond donors (Lipinski definition) is 1. The van der Waals surface area contributed by atoms with E-state index < -0.39 is 6.04 Å². The van der Waals surface area contributed by atoms with Crippen molar-refractivity contribution in [1.29, 1.82) is 0 Å². The summed E-state index contributed by atoms with van der Waals surface area (Å²) in [4.78, 5) is 28.1. The Bertz CT molecular complexity index is 846. The van der Waals surface area contributed by atoms with Gasteiger partial charge in [0, 0.05) is 30.0 Å². The van der Waals surface area contributed by atoms with Crippen molar-refractivity contribution >= 4 is 23.6 Å². The molecule has 0 saturated heterocycles. The molecule has 5 heteroatoms. The number of benzene rings is 2. The number of aryl methyl sites for hydroxylation is 1. The molecule has 0 aromatic heterocycles. The predicted molar refractivity (Wildman–Crippen MR) is 131 cm³/mol. The summed E-state index contributed by atoms with van der Waals surface area (Å²) in [5.41, 5.74) is 3.13. The number of thioether (sulfide) groups is 1. The second-order valence-electron chi connectivity index (χ2n) is 8.90. The van der Waals surface area contributed by atoms with E-state index in [1.807, 2.05) is 77.1 Å². The number of carbonyl (C=O) groups is 2. The van der Waals surface area contributed by atoms with Crippen LogP contribution in [0.1, 0.15) is 57.2 Å². The first-order valence-electron chi connectivity index (χ1n) is 11.0. The molecular formula is C26H36N2O2S. The first-order valence-corrected chi connectivity index (χ1v) is 12.1. The van der Waals surface area contributed by atoms with Gasteiger partial charge in [0.2, 0.25) is 11.8 Å². The molecule has 0 saturated carbocycles. The summed E-state index contributed by atoms with van der Waals surface area (Å²) in [6.45, 7) is 10.4. The Morgan fingerprint density at radius 1 is 1.03 bits per heavy atom. The van der Waals surface area contributed by atoms with Gasteiger partial charge in [0.25, 0.3) is 0 Å². The average molecular weight is 441 g/mol. The third-order valence-electron chi connectivity index (χ3n) is 5.06. The minimum atomic E-state index is -0.481. The molecule has 0 unspecified atom stereocenters. The van der Waals surface area contributed by atoms with Gasteiger partial charge in [0.1, 0.15) is 6.04 Å². The summed E-state index contributed by atoms with van der Waals surface area (Å²) < 4.78 is 0. The van der Waals surface area contributed by atoms with Crippen molar-refractivity contribution in [3.05, 3.63) is 71.3 Å². The van der Waals surface area contributed by atoms with E-state index in [-0.39, 0.29) is 17.4 Å². The van der Waals surface area contributed by atoms with E-state index in [1.165, 1.54) is 5.56 Å². The molecule has 168 valence electrons. The topological polar surface area (TPSA) is 49.4 Å². The number of hydrogen-bond acceptors (Lipinski definition) is 3. The molecule has 4 nitrogen and oxygen atoms in total. The molecule has 31 heavy (non-hydrogen) atoms. The van der Waals surface area contributed by atoms with E-state index >= 15 is 0 Å². The SMILES string of the molecule is CC[C@H](C(=O)NC(C)(C)C)N(Cc1ccccc1C)C(=O)CCSCc1ccccc1. The van der Waals surface area contributed by atoms with Crippen molar-refractivity contribution in [1.82, 2.24) is 10.2 Å². The second kappa shape index (κ2) is 11.9. The molecule has 0 bridgehead atoms. The smallest absolute Gasteiger partial charge is 0.243 e. The van der Waals surface area contributed by atoms with E-state index in [1.54, 1.807) is 16.7 Å². The molecule has 1 N–H and O–H groups in total. The first-order chi connectivity index (χ1) is 14.7. The van der Waals surface area contributed by atoms with Gasteiger partial charge in [-0.3, -0.25) is 9.59 Å². The first kappa shape index (κ1) is 25.0. The highest BCUT2D eigenvalue weighted by Crippen LogP contribution is 2.19. The number of nitrogens with one attached hydrogen (secondary N) is 1. The van der Waals surface area contributed by atoms with E-state index in [0.717, 1.165) is 22.6 Å². The average Bonchev–Trinajstić information content (AvgIpc) is 2.71. The molecular weight excluding hydrogens is 404 g/mol. The van der Waals surface area contributed by atoms with Crippen molar-refractivity contribution in [2.24, 2.45) is 0 Å². The third kappa shape index (κ3) is 8.41. The summed E-state index contributed by atoms with van der Waals surface area (Å²) in [5, 5.41) is 3.06. The van der Waals surface area contributed by atoms with Crippen LogP contribution >= 0.6 is 11.8 Å². The molecule has 2 aromatic rings. The summed E-state index contributed by atoms with van der Waals surface area (Å²) in [6, 6.07) is 17.9. The molecule has 2 rings (SSSR count). The quantitative estimate of drug-likeness (QED) is 0.507. The minimum absolute atomic E-state index is 0.0275. The molecule has 0 heterocycles. The number of nitrogens with zero attached hydrogens (tertiary/aromatic N) is 1. The largest absolute Gasteiger partial charge is 0.350 e. The van der Waals surface area contributed by atoms with Gasteiger partial charge >= 0.3 is 0 Å². The zero-order chi connectivity index (χ0) is 22.9. The molecule has 0 spiro atoms. The fourth-order valence-electron chi connectivity index (χ4n) is 3.41. The van der Waals surface area contributed by atoms with Gasteiger partial charge in [-0.15, -0.1) is 0 Å². The van der Waals surface area contributed by atoms with Crippen LogP contribution in [0.3, 0.4) is 0 Å². The van der Waals surface area contributed by atoms with Crippen LogP contribution in [0.5, 0.6) is 0 Å². The van der Waals surface area contributed by atoms with E-state index in [4.69, 9.17) is 0 Å². The second-order valence-corrected chi connectivity index (χ2v) is 10.0. The van der Waals surface area contributed by atoms with Crippen molar-refractivity contribution in [3.63, 3.8) is 0 Å². The van der Waals surface area contributed by atoms with Gasteiger partial charge in [0.15, 0.2) is 0 Å². The summed E-state index contributed by atoms with van der Waals surface area (Å²) >= 11 is 1.75. The van der Waals surface area contributed by atoms with Crippen LogP contribution in [0.4, 0.5) is 0 Å². The minimum Gasteiger partial charge on any atom is -0.350 e. The monoisotopic (exact) mass is 440 g/mol. The molecule has 0 aliphatic rings. The Kier molecular flexibility index (Phi) is 9.63. The Morgan fingerprint density at radius 2 is 1.68 bits per heavy atom. The maximum atomic E-state index is 13.3. The number of amides is 2. The van der Waals surface area contributed by atoms with Crippen LogP contribution in [0.25, 0.3) is 0 Å².